The highest BCUT2D eigenvalue weighted by atomic mass is 16.7. The van der Waals surface area contributed by atoms with Gasteiger partial charge in [0.2, 0.25) is 5.82 Å². The Morgan fingerprint density at radius 3 is 2.69 bits per heavy atom. The summed E-state index contributed by atoms with van der Waals surface area (Å²) in [4.78, 5) is 29.5. The van der Waals surface area contributed by atoms with E-state index in [1.807, 2.05) is 6.20 Å². The number of hydrogen-bond acceptors (Lipinski definition) is 8. The Morgan fingerprint density at radius 1 is 1.15 bits per heavy atom. The lowest BCUT2D eigenvalue weighted by atomic mass is 9.80. The third-order valence-corrected chi connectivity index (χ3v) is 8.68. The maximum Gasteiger partial charge on any atom is 0.201 e. The van der Waals surface area contributed by atoms with Gasteiger partial charge < -0.3 is 9.88 Å². The zero-order valence-electron chi connectivity index (χ0n) is 23.6. The number of hydroxylamine groups is 1. The van der Waals surface area contributed by atoms with E-state index in [0.717, 1.165) is 42.2 Å². The summed E-state index contributed by atoms with van der Waals surface area (Å²) in [5.41, 5.74) is 8.16. The minimum absolute atomic E-state index is 0.249. The second-order valence-corrected chi connectivity index (χ2v) is 11.6. The van der Waals surface area contributed by atoms with Gasteiger partial charge in [-0.1, -0.05) is 38.8 Å². The molecular formula is C30H40N8O. The van der Waals surface area contributed by atoms with Crippen molar-refractivity contribution in [3.05, 3.63) is 41.4 Å². The maximum absolute atomic E-state index is 5.27. The largest absolute Gasteiger partial charge is 0.365 e. The van der Waals surface area contributed by atoms with Crippen LogP contribution >= 0.6 is 0 Å². The van der Waals surface area contributed by atoms with Crippen molar-refractivity contribution in [1.82, 2.24) is 30.0 Å². The monoisotopic (exact) mass is 528 g/mol. The van der Waals surface area contributed by atoms with E-state index in [1.54, 1.807) is 5.57 Å². The molecule has 39 heavy (non-hydrogen) atoms. The molecule has 0 saturated heterocycles. The zero-order chi connectivity index (χ0) is 26.9. The van der Waals surface area contributed by atoms with Gasteiger partial charge in [-0.15, -0.1) is 0 Å². The minimum Gasteiger partial charge on any atom is -0.365 e. The Morgan fingerprint density at radius 2 is 2.03 bits per heavy atom. The summed E-state index contributed by atoms with van der Waals surface area (Å²) in [5, 5.41) is 3.77. The van der Waals surface area contributed by atoms with Crippen LogP contribution in [-0.2, 0) is 11.4 Å². The topological polar surface area (TPSA) is 102 Å². The molecule has 0 radical (unpaired) electrons. The first kappa shape index (κ1) is 25.9. The molecule has 4 heterocycles. The van der Waals surface area contributed by atoms with Crippen LogP contribution in [0.25, 0.3) is 22.7 Å². The van der Waals surface area contributed by atoms with E-state index in [2.05, 4.69) is 66.3 Å². The van der Waals surface area contributed by atoms with Crippen LogP contribution in [0.4, 0.5) is 5.82 Å². The smallest absolute Gasteiger partial charge is 0.201 e. The fourth-order valence-electron chi connectivity index (χ4n) is 5.85. The summed E-state index contributed by atoms with van der Waals surface area (Å²) in [6.45, 7) is 10.0. The van der Waals surface area contributed by atoms with Crippen LogP contribution in [0, 0.1) is 11.8 Å². The molecule has 2 aliphatic carbocycles. The van der Waals surface area contributed by atoms with Gasteiger partial charge in [-0.2, -0.15) is 0 Å². The van der Waals surface area contributed by atoms with Gasteiger partial charge >= 0.3 is 0 Å². The van der Waals surface area contributed by atoms with Gasteiger partial charge in [0, 0.05) is 18.8 Å². The van der Waals surface area contributed by atoms with Gasteiger partial charge in [-0.05, 0) is 80.9 Å². The van der Waals surface area contributed by atoms with E-state index in [1.165, 1.54) is 37.7 Å². The molecule has 9 nitrogen and oxygen atoms in total. The molecule has 0 aromatic carbocycles. The lowest BCUT2D eigenvalue weighted by molar-refractivity contribution is 0.115. The van der Waals surface area contributed by atoms with Crippen LogP contribution in [-0.4, -0.2) is 43.1 Å². The summed E-state index contributed by atoms with van der Waals surface area (Å²) < 4.78 is 2.33. The third kappa shape index (κ3) is 5.29. The highest BCUT2D eigenvalue weighted by molar-refractivity contribution is 5.98. The first-order valence-corrected chi connectivity index (χ1v) is 14.6. The van der Waals surface area contributed by atoms with Crippen molar-refractivity contribution in [3.63, 3.8) is 0 Å². The molecule has 0 bridgehead atoms. The molecule has 0 amide bonds. The van der Waals surface area contributed by atoms with Gasteiger partial charge in [0.1, 0.15) is 11.2 Å². The van der Waals surface area contributed by atoms with Crippen LogP contribution in [0.2, 0.25) is 0 Å². The van der Waals surface area contributed by atoms with E-state index in [0.29, 0.717) is 41.1 Å². The Kier molecular flexibility index (Phi) is 7.34. The molecule has 1 unspecified atom stereocenters. The highest BCUT2D eigenvalue weighted by Crippen LogP contribution is 2.35. The highest BCUT2D eigenvalue weighted by Gasteiger charge is 2.29. The van der Waals surface area contributed by atoms with Gasteiger partial charge in [-0.25, -0.2) is 25.4 Å². The second-order valence-electron chi connectivity index (χ2n) is 11.6. The van der Waals surface area contributed by atoms with E-state index in [-0.39, 0.29) is 6.73 Å². The number of imidazole rings is 1. The van der Waals surface area contributed by atoms with Crippen LogP contribution in [0.5, 0.6) is 0 Å². The lowest BCUT2D eigenvalue weighted by Gasteiger charge is -2.32. The minimum atomic E-state index is 0.249. The summed E-state index contributed by atoms with van der Waals surface area (Å²) in [6.07, 6.45) is 12.7. The number of amidine groups is 1. The normalized spacial score (nSPS) is 20.5. The summed E-state index contributed by atoms with van der Waals surface area (Å²) in [7, 11) is 0. The van der Waals surface area contributed by atoms with Crippen molar-refractivity contribution in [3.8, 4) is 11.5 Å². The van der Waals surface area contributed by atoms with Crippen molar-refractivity contribution >= 4 is 22.8 Å². The van der Waals surface area contributed by atoms with Crippen molar-refractivity contribution in [1.29, 1.82) is 0 Å². The molecule has 3 aromatic rings. The van der Waals surface area contributed by atoms with Crippen molar-refractivity contribution in [2.75, 3.05) is 12.0 Å². The Hall–Kier alpha value is -3.33. The summed E-state index contributed by atoms with van der Waals surface area (Å²) in [6, 6.07) is 4.57. The van der Waals surface area contributed by atoms with Gasteiger partial charge in [0.15, 0.2) is 29.9 Å². The Balaban J connectivity index is 1.50. The van der Waals surface area contributed by atoms with E-state index >= 15 is 0 Å². The number of anilines is 1. The van der Waals surface area contributed by atoms with E-state index < -0.39 is 0 Å². The molecule has 3 aromatic heterocycles. The number of aromatic nitrogens is 5. The standard InChI is InChI=1S/C30H40N8O/c1-5-20-9-11-21(12-10-20)16-38-25-26(33-19(4)22-7-6-8-22)34-29(28-32-17-39-37-28)35-27(25)36-30(38)24-15-23(18(2)3)13-14-31-24/h9,13-15,18-19,21-22H,5-8,10-12,16-17H2,1-4H3,(H,32,37)(H,33,34,35)/t19-,21?/m1/s1. The molecule has 1 saturated carbocycles. The second kappa shape index (κ2) is 11.0. The Bertz CT molecular complexity index is 1400. The zero-order valence-corrected chi connectivity index (χ0v) is 23.6. The third-order valence-electron chi connectivity index (χ3n) is 8.68. The van der Waals surface area contributed by atoms with E-state index in [9.17, 15) is 0 Å². The average Bonchev–Trinajstić information content (AvgIpc) is 3.57. The number of rotatable bonds is 9. The molecule has 9 heteroatoms. The van der Waals surface area contributed by atoms with Crippen molar-refractivity contribution in [2.45, 2.75) is 91.1 Å². The molecule has 2 N–H and O–H groups in total. The number of allylic oxidation sites excluding steroid dienone is 2. The summed E-state index contributed by atoms with van der Waals surface area (Å²) >= 11 is 0. The number of nitrogens with zero attached hydrogens (tertiary/aromatic N) is 6. The van der Waals surface area contributed by atoms with E-state index in [4.69, 9.17) is 24.8 Å². The van der Waals surface area contributed by atoms with Gasteiger partial charge in [0.25, 0.3) is 0 Å². The fourth-order valence-corrected chi connectivity index (χ4v) is 5.85. The summed E-state index contributed by atoms with van der Waals surface area (Å²) in [5.74, 6) is 4.27. The average molecular weight is 529 g/mol. The van der Waals surface area contributed by atoms with Crippen LogP contribution in [0.3, 0.4) is 0 Å². The van der Waals surface area contributed by atoms with Gasteiger partial charge in [-0.3, -0.25) is 9.82 Å². The van der Waals surface area contributed by atoms with Crippen LogP contribution < -0.4 is 10.8 Å². The molecular weight excluding hydrogens is 488 g/mol. The Labute approximate surface area is 230 Å². The molecule has 2 atom stereocenters. The lowest BCUT2D eigenvalue weighted by Crippen LogP contribution is -2.32. The number of hydrogen-bond donors (Lipinski definition) is 2. The molecule has 0 spiro atoms. The number of pyridine rings is 1. The quantitative estimate of drug-likeness (QED) is 0.329. The SMILES string of the molecule is CCC1=CCC(Cn2c(-c3cc(C(C)C)ccn3)nc3nc(C4=NCON4)nc(N[C@H](C)C4CCC4)c32)CC1. The molecule has 1 aliphatic heterocycles. The van der Waals surface area contributed by atoms with Crippen LogP contribution in [0.15, 0.2) is 35.0 Å². The predicted octanol–water partition coefficient (Wildman–Crippen LogP) is 5.99. The first-order chi connectivity index (χ1) is 19.0. The molecule has 1 fully saturated rings. The number of fused-ring (bicyclic) bond motifs is 1. The van der Waals surface area contributed by atoms with Crippen molar-refractivity contribution < 1.29 is 4.84 Å². The fraction of sp³-hybridized carbons (Fsp3) is 0.567. The number of aliphatic imine (C=N–C) groups is 1. The van der Waals surface area contributed by atoms with Crippen molar-refractivity contribution in [2.24, 2.45) is 16.8 Å². The molecule has 3 aliphatic rings. The predicted molar refractivity (Wildman–Crippen MR) is 154 cm³/mol. The molecule has 6 rings (SSSR count). The number of nitrogens with one attached hydrogen (secondary N) is 2. The van der Waals surface area contributed by atoms with Crippen LogP contribution in [0.1, 0.15) is 89.9 Å². The van der Waals surface area contributed by atoms with Gasteiger partial charge in [0.05, 0.1) is 0 Å². The first-order valence-electron chi connectivity index (χ1n) is 14.6. The molecule has 206 valence electrons. The maximum atomic E-state index is 5.27.